The number of aromatic amines is 1. The quantitative estimate of drug-likeness (QED) is 0.588. The number of aromatic nitrogens is 2. The Morgan fingerprint density at radius 3 is 2.59 bits per heavy atom. The van der Waals surface area contributed by atoms with Crippen LogP contribution in [0.2, 0.25) is 5.02 Å². The van der Waals surface area contributed by atoms with E-state index in [0.717, 1.165) is 0 Å². The zero-order chi connectivity index (χ0) is 19.2. The van der Waals surface area contributed by atoms with Gasteiger partial charge in [-0.2, -0.15) is 0 Å². The summed E-state index contributed by atoms with van der Waals surface area (Å²) in [5.74, 6) is -0.503. The number of nitrogens with zero attached hydrogens (tertiary/aromatic N) is 1. The highest BCUT2D eigenvalue weighted by Gasteiger charge is 2.10. The molecule has 7 nitrogen and oxygen atoms in total. The summed E-state index contributed by atoms with van der Waals surface area (Å²) in [7, 11) is 0. The number of hydrogen-bond acceptors (Lipinski definition) is 5. The molecule has 0 fully saturated rings. The van der Waals surface area contributed by atoms with Gasteiger partial charge in [0.25, 0.3) is 5.91 Å². The molecule has 0 unspecified atom stereocenters. The van der Waals surface area contributed by atoms with E-state index >= 15 is 0 Å². The van der Waals surface area contributed by atoms with E-state index in [9.17, 15) is 14.4 Å². The maximum atomic E-state index is 12.1. The van der Waals surface area contributed by atoms with Crippen LogP contribution in [0.4, 0.5) is 10.8 Å². The average molecular weight is 403 g/mol. The summed E-state index contributed by atoms with van der Waals surface area (Å²) in [5, 5.41) is 8.27. The fraction of sp³-hybridized carbons (Fsp3) is 0.111. The molecule has 0 saturated heterocycles. The molecule has 0 aliphatic rings. The maximum absolute atomic E-state index is 12.1. The van der Waals surface area contributed by atoms with Crippen LogP contribution in [0.25, 0.3) is 0 Å². The molecule has 2 amide bonds. The van der Waals surface area contributed by atoms with Crippen LogP contribution in [0, 0.1) is 0 Å². The number of anilines is 2. The van der Waals surface area contributed by atoms with Crippen molar-refractivity contribution in [1.29, 1.82) is 0 Å². The van der Waals surface area contributed by atoms with Crippen molar-refractivity contribution in [3.8, 4) is 0 Å². The van der Waals surface area contributed by atoms with E-state index in [1.807, 2.05) is 0 Å². The molecule has 0 aliphatic carbocycles. The van der Waals surface area contributed by atoms with Crippen molar-refractivity contribution in [2.45, 2.75) is 12.8 Å². The summed E-state index contributed by atoms with van der Waals surface area (Å²) in [6.45, 7) is 0. The van der Waals surface area contributed by atoms with Crippen molar-refractivity contribution >= 4 is 45.6 Å². The molecule has 2 aromatic heterocycles. The summed E-state index contributed by atoms with van der Waals surface area (Å²) in [4.78, 5) is 41.9. The Morgan fingerprint density at radius 1 is 1.11 bits per heavy atom. The number of H-pyrrole nitrogens is 1. The molecule has 0 aliphatic heterocycles. The summed E-state index contributed by atoms with van der Waals surface area (Å²) < 4.78 is 0. The van der Waals surface area contributed by atoms with Gasteiger partial charge in [-0.25, -0.2) is 4.98 Å². The van der Waals surface area contributed by atoms with Gasteiger partial charge in [-0.3, -0.25) is 19.7 Å². The summed E-state index contributed by atoms with van der Waals surface area (Å²) in [5.41, 5.74) is 1.44. The highest BCUT2D eigenvalue weighted by Crippen LogP contribution is 2.18. The lowest BCUT2D eigenvalue weighted by Gasteiger charge is -2.04. The Hall–Kier alpha value is -2.97. The number of aryl methyl sites for hydroxylation is 1. The fourth-order valence-electron chi connectivity index (χ4n) is 2.20. The molecule has 3 N–H and O–H groups in total. The van der Waals surface area contributed by atoms with Gasteiger partial charge in [0.05, 0.1) is 11.3 Å². The molecule has 138 valence electrons. The minimum Gasteiger partial charge on any atom is -0.328 e. The molecule has 27 heavy (non-hydrogen) atoms. The van der Waals surface area contributed by atoms with E-state index in [1.54, 1.807) is 29.6 Å². The second-order valence-electron chi connectivity index (χ2n) is 5.59. The Kier molecular flexibility index (Phi) is 6.00. The SMILES string of the molecule is O=C(CCc1csc(NC(=O)c2ccc(=O)[nH]c2)n1)Nc1ccc(Cl)cc1. The molecule has 3 aromatic rings. The zero-order valence-corrected chi connectivity index (χ0v) is 15.6. The van der Waals surface area contributed by atoms with Crippen molar-refractivity contribution < 1.29 is 9.59 Å². The smallest absolute Gasteiger partial charge is 0.258 e. The second kappa shape index (κ2) is 8.61. The number of benzene rings is 1. The molecule has 0 saturated carbocycles. The first kappa shape index (κ1) is 18.8. The lowest BCUT2D eigenvalue weighted by molar-refractivity contribution is -0.116. The van der Waals surface area contributed by atoms with Crippen LogP contribution < -0.4 is 16.2 Å². The predicted octanol–water partition coefficient (Wildman–Crippen LogP) is 3.31. The summed E-state index contributed by atoms with van der Waals surface area (Å²) >= 11 is 7.08. The number of pyridine rings is 1. The minimum absolute atomic E-state index is 0.135. The van der Waals surface area contributed by atoms with Crippen molar-refractivity contribution in [2.24, 2.45) is 0 Å². The third kappa shape index (κ3) is 5.50. The molecule has 2 heterocycles. The minimum atomic E-state index is -0.368. The Bertz CT molecular complexity index is 993. The van der Waals surface area contributed by atoms with Gasteiger partial charge >= 0.3 is 0 Å². The predicted molar refractivity (Wildman–Crippen MR) is 106 cm³/mol. The highest BCUT2D eigenvalue weighted by molar-refractivity contribution is 7.14. The van der Waals surface area contributed by atoms with E-state index in [-0.39, 0.29) is 23.8 Å². The van der Waals surface area contributed by atoms with Gasteiger partial charge in [0, 0.05) is 34.8 Å². The van der Waals surface area contributed by atoms with Crippen molar-refractivity contribution in [2.75, 3.05) is 10.6 Å². The molecule has 9 heteroatoms. The third-order valence-electron chi connectivity index (χ3n) is 3.55. The first-order valence-corrected chi connectivity index (χ1v) is 9.25. The molecule has 0 atom stereocenters. The molecule has 3 rings (SSSR count). The van der Waals surface area contributed by atoms with Gasteiger partial charge in [-0.05, 0) is 36.8 Å². The molecular weight excluding hydrogens is 388 g/mol. The fourth-order valence-corrected chi connectivity index (χ4v) is 3.06. The Morgan fingerprint density at radius 2 is 1.89 bits per heavy atom. The van der Waals surface area contributed by atoms with Crippen LogP contribution in [0.15, 0.2) is 52.8 Å². The lowest BCUT2D eigenvalue weighted by atomic mass is 10.2. The van der Waals surface area contributed by atoms with Crippen molar-refractivity contribution in [1.82, 2.24) is 9.97 Å². The topological polar surface area (TPSA) is 104 Å². The van der Waals surface area contributed by atoms with E-state index in [4.69, 9.17) is 11.6 Å². The second-order valence-corrected chi connectivity index (χ2v) is 6.89. The van der Waals surface area contributed by atoms with Gasteiger partial charge < -0.3 is 10.3 Å². The van der Waals surface area contributed by atoms with Crippen LogP contribution in [-0.2, 0) is 11.2 Å². The first-order chi connectivity index (χ1) is 13.0. The lowest BCUT2D eigenvalue weighted by Crippen LogP contribution is -2.14. The number of carbonyl (C=O) groups excluding carboxylic acids is 2. The number of thiazole rings is 1. The van der Waals surface area contributed by atoms with Crippen LogP contribution in [0.5, 0.6) is 0 Å². The number of nitrogens with one attached hydrogen (secondary N) is 3. The zero-order valence-electron chi connectivity index (χ0n) is 14.0. The van der Waals surface area contributed by atoms with Crippen molar-refractivity contribution in [3.63, 3.8) is 0 Å². The highest BCUT2D eigenvalue weighted by atomic mass is 35.5. The van der Waals surface area contributed by atoms with Crippen molar-refractivity contribution in [3.05, 3.63) is 74.6 Å². The Balaban J connectivity index is 1.50. The van der Waals surface area contributed by atoms with Gasteiger partial charge in [-0.1, -0.05) is 11.6 Å². The van der Waals surface area contributed by atoms with Gasteiger partial charge in [-0.15, -0.1) is 11.3 Å². The molecule has 1 aromatic carbocycles. The van der Waals surface area contributed by atoms with Crippen LogP contribution in [0.1, 0.15) is 22.5 Å². The third-order valence-corrected chi connectivity index (χ3v) is 4.61. The standard InChI is InChI=1S/C18H15ClN4O3S/c19-12-2-4-13(5-3-12)21-16(25)8-6-14-10-27-18(22-14)23-17(26)11-1-7-15(24)20-9-11/h1-5,7,9-10H,6,8H2,(H,20,24)(H,21,25)(H,22,23,26). The number of halogens is 1. The van der Waals surface area contributed by atoms with E-state index < -0.39 is 0 Å². The average Bonchev–Trinajstić information content (AvgIpc) is 3.10. The van der Waals surface area contributed by atoms with Gasteiger partial charge in [0.2, 0.25) is 11.5 Å². The number of hydrogen-bond donors (Lipinski definition) is 3. The normalized spacial score (nSPS) is 10.4. The molecule has 0 spiro atoms. The summed E-state index contributed by atoms with van der Waals surface area (Å²) in [6.07, 6.45) is 2.05. The van der Waals surface area contributed by atoms with Crippen LogP contribution in [-0.4, -0.2) is 21.8 Å². The summed E-state index contributed by atoms with van der Waals surface area (Å²) in [6, 6.07) is 9.58. The van der Waals surface area contributed by atoms with E-state index in [1.165, 1.54) is 29.7 Å². The molecular formula is C18H15ClN4O3S. The number of amides is 2. The number of rotatable bonds is 6. The van der Waals surface area contributed by atoms with E-state index in [0.29, 0.717) is 33.5 Å². The Labute approximate surface area is 163 Å². The molecule has 0 bridgehead atoms. The van der Waals surface area contributed by atoms with Crippen LogP contribution in [0.3, 0.4) is 0 Å². The van der Waals surface area contributed by atoms with Gasteiger partial charge in [0.1, 0.15) is 0 Å². The largest absolute Gasteiger partial charge is 0.328 e. The monoisotopic (exact) mass is 402 g/mol. The van der Waals surface area contributed by atoms with Crippen LogP contribution >= 0.6 is 22.9 Å². The number of carbonyl (C=O) groups is 2. The maximum Gasteiger partial charge on any atom is 0.258 e. The van der Waals surface area contributed by atoms with Gasteiger partial charge in [0.15, 0.2) is 5.13 Å². The van der Waals surface area contributed by atoms with E-state index in [2.05, 4.69) is 20.6 Å². The molecule has 0 radical (unpaired) electrons. The first-order valence-electron chi connectivity index (χ1n) is 7.99.